The second kappa shape index (κ2) is 5.30. The van der Waals surface area contributed by atoms with Gasteiger partial charge in [-0.25, -0.2) is 5.10 Å². The quantitative estimate of drug-likeness (QED) is 0.860. The van der Waals surface area contributed by atoms with Gasteiger partial charge in [0.25, 0.3) is 0 Å². The van der Waals surface area contributed by atoms with E-state index in [1.165, 1.54) is 0 Å². The second-order valence-electron chi connectivity index (χ2n) is 4.20. The Kier molecular flexibility index (Phi) is 3.76. The molecule has 0 saturated heterocycles. The lowest BCUT2D eigenvalue weighted by atomic mass is 10.3. The van der Waals surface area contributed by atoms with Crippen molar-refractivity contribution in [2.75, 3.05) is 11.9 Å². The topological polar surface area (TPSA) is 49.7 Å². The van der Waals surface area contributed by atoms with Crippen molar-refractivity contribution in [3.63, 3.8) is 0 Å². The molecule has 0 unspecified atom stereocenters. The molecule has 18 heavy (non-hydrogen) atoms. The van der Waals surface area contributed by atoms with Crippen molar-refractivity contribution in [2.24, 2.45) is 0 Å². The van der Waals surface area contributed by atoms with E-state index in [2.05, 4.69) is 15.2 Å². The van der Waals surface area contributed by atoms with E-state index in [9.17, 15) is 0 Å². The summed E-state index contributed by atoms with van der Waals surface area (Å²) in [5.74, 6) is 0.839. The van der Waals surface area contributed by atoms with Crippen LogP contribution in [0.15, 0.2) is 18.2 Å². The van der Waals surface area contributed by atoms with Gasteiger partial charge >= 0.3 is 0 Å². The molecule has 0 amide bonds. The standard InChI is InChI=1S/C12H17N5S/c1-4-17-11(14-15-12(17)18)16(3)8-10-7-5-6-9(2)13-10/h5-7H,4,8H2,1-3H3,(H,15,18). The third kappa shape index (κ3) is 2.59. The number of pyridine rings is 1. The summed E-state index contributed by atoms with van der Waals surface area (Å²) in [6, 6.07) is 6.02. The van der Waals surface area contributed by atoms with Gasteiger partial charge in [0.05, 0.1) is 12.2 Å². The Morgan fingerprint density at radius 2 is 2.22 bits per heavy atom. The molecule has 0 aliphatic heterocycles. The van der Waals surface area contributed by atoms with Crippen LogP contribution in [-0.2, 0) is 13.1 Å². The average Bonchev–Trinajstić information content (AvgIpc) is 2.70. The molecule has 6 heteroatoms. The van der Waals surface area contributed by atoms with Crippen molar-refractivity contribution in [2.45, 2.75) is 26.9 Å². The van der Waals surface area contributed by atoms with Gasteiger partial charge in [0.2, 0.25) is 5.95 Å². The van der Waals surface area contributed by atoms with Crippen molar-refractivity contribution in [3.05, 3.63) is 34.4 Å². The fourth-order valence-corrected chi connectivity index (χ4v) is 2.14. The first-order valence-corrected chi connectivity index (χ1v) is 6.31. The summed E-state index contributed by atoms with van der Waals surface area (Å²) >= 11 is 5.18. The van der Waals surface area contributed by atoms with Crippen LogP contribution in [0.25, 0.3) is 0 Å². The van der Waals surface area contributed by atoms with E-state index in [1.54, 1.807) is 0 Å². The molecule has 2 aromatic rings. The van der Waals surface area contributed by atoms with Gasteiger partial charge in [-0.2, -0.15) is 0 Å². The van der Waals surface area contributed by atoms with Crippen LogP contribution < -0.4 is 4.90 Å². The first-order chi connectivity index (χ1) is 8.61. The molecule has 0 spiro atoms. The fourth-order valence-electron chi connectivity index (χ4n) is 1.89. The molecule has 0 fully saturated rings. The summed E-state index contributed by atoms with van der Waals surface area (Å²) in [6.45, 7) is 5.55. The van der Waals surface area contributed by atoms with E-state index in [1.807, 2.05) is 48.6 Å². The van der Waals surface area contributed by atoms with Gasteiger partial charge in [-0.3, -0.25) is 9.55 Å². The van der Waals surface area contributed by atoms with E-state index in [0.29, 0.717) is 11.3 Å². The predicted octanol–water partition coefficient (Wildman–Crippen LogP) is 2.30. The third-order valence-corrected chi connectivity index (χ3v) is 3.05. The van der Waals surface area contributed by atoms with Gasteiger partial charge in [-0.15, -0.1) is 5.10 Å². The Bertz CT molecular complexity index is 586. The lowest BCUT2D eigenvalue weighted by molar-refractivity contribution is 0.712. The van der Waals surface area contributed by atoms with Crippen LogP contribution in [0.1, 0.15) is 18.3 Å². The summed E-state index contributed by atoms with van der Waals surface area (Å²) in [5, 5.41) is 7.07. The minimum Gasteiger partial charge on any atom is -0.338 e. The fraction of sp³-hybridized carbons (Fsp3) is 0.417. The third-order valence-electron chi connectivity index (χ3n) is 2.74. The van der Waals surface area contributed by atoms with Crippen molar-refractivity contribution in [1.82, 2.24) is 19.7 Å². The van der Waals surface area contributed by atoms with Crippen LogP contribution in [0.4, 0.5) is 5.95 Å². The first kappa shape index (κ1) is 12.8. The van der Waals surface area contributed by atoms with Gasteiger partial charge in [-0.05, 0) is 38.2 Å². The van der Waals surface area contributed by atoms with Crippen molar-refractivity contribution >= 4 is 18.2 Å². The lowest BCUT2D eigenvalue weighted by Gasteiger charge is -2.17. The molecule has 0 aliphatic carbocycles. The highest BCUT2D eigenvalue weighted by Gasteiger charge is 2.10. The lowest BCUT2D eigenvalue weighted by Crippen LogP contribution is -2.21. The van der Waals surface area contributed by atoms with Gasteiger partial charge in [-0.1, -0.05) is 6.07 Å². The molecule has 0 aliphatic rings. The highest BCUT2D eigenvalue weighted by atomic mass is 32.1. The van der Waals surface area contributed by atoms with Crippen LogP contribution >= 0.6 is 12.2 Å². The number of hydrogen-bond donors (Lipinski definition) is 1. The van der Waals surface area contributed by atoms with E-state index < -0.39 is 0 Å². The summed E-state index contributed by atoms with van der Waals surface area (Å²) in [4.78, 5) is 6.53. The molecule has 5 nitrogen and oxygen atoms in total. The average molecular weight is 263 g/mol. The Morgan fingerprint density at radius 1 is 1.44 bits per heavy atom. The van der Waals surface area contributed by atoms with Crippen molar-refractivity contribution in [1.29, 1.82) is 0 Å². The Balaban J connectivity index is 2.21. The number of aromatic nitrogens is 4. The molecule has 96 valence electrons. The normalized spacial score (nSPS) is 10.6. The molecule has 0 radical (unpaired) electrons. The Morgan fingerprint density at radius 3 is 2.89 bits per heavy atom. The number of nitrogens with one attached hydrogen (secondary N) is 1. The largest absolute Gasteiger partial charge is 0.338 e. The molecule has 0 saturated carbocycles. The number of anilines is 1. The number of aromatic amines is 1. The zero-order valence-corrected chi connectivity index (χ0v) is 11.7. The highest BCUT2D eigenvalue weighted by Crippen LogP contribution is 2.12. The number of hydrogen-bond acceptors (Lipinski definition) is 4. The Labute approximate surface area is 111 Å². The van der Waals surface area contributed by atoms with E-state index >= 15 is 0 Å². The zero-order chi connectivity index (χ0) is 13.1. The van der Waals surface area contributed by atoms with Crippen LogP contribution in [0.2, 0.25) is 0 Å². The van der Waals surface area contributed by atoms with Crippen molar-refractivity contribution < 1.29 is 0 Å². The van der Waals surface area contributed by atoms with Crippen LogP contribution in [0.3, 0.4) is 0 Å². The number of aryl methyl sites for hydroxylation is 1. The molecule has 1 N–H and O–H groups in total. The number of nitrogens with zero attached hydrogens (tertiary/aromatic N) is 4. The van der Waals surface area contributed by atoms with E-state index in [0.717, 1.165) is 23.9 Å². The van der Waals surface area contributed by atoms with E-state index in [-0.39, 0.29) is 0 Å². The minimum atomic E-state index is 0.650. The maximum absolute atomic E-state index is 5.18. The molecular weight excluding hydrogens is 246 g/mol. The maximum Gasteiger partial charge on any atom is 0.225 e. The zero-order valence-electron chi connectivity index (χ0n) is 10.8. The molecule has 0 aromatic carbocycles. The first-order valence-electron chi connectivity index (χ1n) is 5.90. The molecule has 2 aromatic heterocycles. The maximum atomic E-state index is 5.18. The second-order valence-corrected chi connectivity index (χ2v) is 4.59. The molecule has 2 heterocycles. The smallest absolute Gasteiger partial charge is 0.225 e. The Hall–Kier alpha value is -1.69. The van der Waals surface area contributed by atoms with Gasteiger partial charge in [0.1, 0.15) is 0 Å². The predicted molar refractivity (Wildman–Crippen MR) is 74.2 cm³/mol. The number of rotatable bonds is 4. The monoisotopic (exact) mass is 263 g/mol. The van der Waals surface area contributed by atoms with Crippen LogP contribution in [0, 0.1) is 11.7 Å². The summed E-state index contributed by atoms with van der Waals surface area (Å²) in [7, 11) is 1.99. The van der Waals surface area contributed by atoms with Gasteiger partial charge in [0, 0.05) is 19.3 Å². The van der Waals surface area contributed by atoms with Crippen LogP contribution in [0.5, 0.6) is 0 Å². The molecule has 0 bridgehead atoms. The summed E-state index contributed by atoms with van der Waals surface area (Å²) in [6.07, 6.45) is 0. The van der Waals surface area contributed by atoms with Crippen LogP contribution in [-0.4, -0.2) is 26.8 Å². The SMILES string of the molecule is CCn1c(N(C)Cc2cccc(C)n2)n[nH]c1=S. The van der Waals surface area contributed by atoms with Gasteiger partial charge in [0.15, 0.2) is 4.77 Å². The summed E-state index contributed by atoms with van der Waals surface area (Å²) in [5.41, 5.74) is 2.05. The minimum absolute atomic E-state index is 0.650. The molecular formula is C12H17N5S. The summed E-state index contributed by atoms with van der Waals surface area (Å²) < 4.78 is 2.61. The molecule has 0 atom stereocenters. The van der Waals surface area contributed by atoms with Gasteiger partial charge < -0.3 is 4.90 Å². The van der Waals surface area contributed by atoms with Crippen molar-refractivity contribution in [3.8, 4) is 0 Å². The highest BCUT2D eigenvalue weighted by molar-refractivity contribution is 7.71. The van der Waals surface area contributed by atoms with E-state index in [4.69, 9.17) is 12.2 Å². The number of H-pyrrole nitrogens is 1. The molecule has 2 rings (SSSR count).